The molecule has 0 atom stereocenters. The van der Waals surface area contributed by atoms with Crippen LogP contribution in [0.2, 0.25) is 0 Å². The van der Waals surface area contributed by atoms with E-state index in [2.05, 4.69) is 0 Å². The molecule has 0 unspecified atom stereocenters. The molecule has 0 fully saturated rings. The van der Waals surface area contributed by atoms with Gasteiger partial charge in [0, 0.05) is 13.1 Å². The van der Waals surface area contributed by atoms with Crippen molar-refractivity contribution in [3.05, 3.63) is 30.3 Å². The number of rotatable bonds is 5. The van der Waals surface area contributed by atoms with Gasteiger partial charge in [-0.2, -0.15) is 4.31 Å². The predicted molar refractivity (Wildman–Crippen MR) is 65.7 cm³/mol. The summed E-state index contributed by atoms with van der Waals surface area (Å²) in [5, 5.41) is 0. The van der Waals surface area contributed by atoms with Gasteiger partial charge in [0.15, 0.2) is 0 Å². The third-order valence-electron chi connectivity index (χ3n) is 2.30. The standard InChI is InChI=1S/C12H19NO2S/c1-4-13(10-11(2)3)16(14,15)12-8-6-5-7-9-12/h5-9,11H,4,10H2,1-3H3. The molecule has 0 aliphatic rings. The lowest BCUT2D eigenvalue weighted by Gasteiger charge is -2.22. The van der Waals surface area contributed by atoms with E-state index in [4.69, 9.17) is 0 Å². The number of benzene rings is 1. The van der Waals surface area contributed by atoms with Crippen LogP contribution in [0.1, 0.15) is 20.8 Å². The first-order valence-corrected chi connectivity index (χ1v) is 6.97. The van der Waals surface area contributed by atoms with Crippen molar-refractivity contribution in [3.8, 4) is 0 Å². The average Bonchev–Trinajstić information content (AvgIpc) is 2.26. The molecule has 0 heterocycles. The number of sulfonamides is 1. The summed E-state index contributed by atoms with van der Waals surface area (Å²) in [7, 11) is -3.31. The van der Waals surface area contributed by atoms with Crippen LogP contribution < -0.4 is 0 Å². The van der Waals surface area contributed by atoms with E-state index in [0.717, 1.165) is 0 Å². The highest BCUT2D eigenvalue weighted by Gasteiger charge is 2.22. The van der Waals surface area contributed by atoms with E-state index in [-0.39, 0.29) is 0 Å². The lowest BCUT2D eigenvalue weighted by molar-refractivity contribution is 0.381. The van der Waals surface area contributed by atoms with Crippen molar-refractivity contribution in [3.63, 3.8) is 0 Å². The summed E-state index contributed by atoms with van der Waals surface area (Å²) in [5.74, 6) is 0.332. The Kier molecular flexibility index (Phi) is 4.50. The third kappa shape index (κ3) is 3.06. The Labute approximate surface area is 98.1 Å². The highest BCUT2D eigenvalue weighted by molar-refractivity contribution is 7.89. The van der Waals surface area contributed by atoms with Crippen molar-refractivity contribution in [2.24, 2.45) is 5.92 Å². The lowest BCUT2D eigenvalue weighted by Crippen LogP contribution is -2.34. The molecule has 0 saturated carbocycles. The highest BCUT2D eigenvalue weighted by Crippen LogP contribution is 2.16. The van der Waals surface area contributed by atoms with Gasteiger partial charge in [-0.25, -0.2) is 8.42 Å². The number of hydrogen-bond donors (Lipinski definition) is 0. The van der Waals surface area contributed by atoms with Gasteiger partial charge in [-0.1, -0.05) is 39.0 Å². The van der Waals surface area contributed by atoms with Crippen LogP contribution in [-0.2, 0) is 10.0 Å². The van der Waals surface area contributed by atoms with Crippen LogP contribution in [0.5, 0.6) is 0 Å². The Morgan fingerprint density at radius 1 is 1.19 bits per heavy atom. The van der Waals surface area contributed by atoms with Crippen LogP contribution in [0.25, 0.3) is 0 Å². The molecule has 1 rings (SSSR count). The zero-order chi connectivity index (χ0) is 12.2. The second-order valence-corrected chi connectivity index (χ2v) is 6.10. The fourth-order valence-electron chi connectivity index (χ4n) is 1.55. The Bertz CT molecular complexity index is 412. The zero-order valence-corrected chi connectivity index (χ0v) is 10.9. The van der Waals surface area contributed by atoms with E-state index in [1.807, 2.05) is 26.8 Å². The molecule has 1 aromatic rings. The fraction of sp³-hybridized carbons (Fsp3) is 0.500. The molecule has 1 aromatic carbocycles. The predicted octanol–water partition coefficient (Wildman–Crippen LogP) is 2.35. The molecule has 16 heavy (non-hydrogen) atoms. The van der Waals surface area contributed by atoms with Gasteiger partial charge in [-0.05, 0) is 18.1 Å². The van der Waals surface area contributed by atoms with E-state index < -0.39 is 10.0 Å². The Hall–Kier alpha value is -0.870. The first-order chi connectivity index (χ1) is 7.48. The van der Waals surface area contributed by atoms with Crippen LogP contribution in [0.15, 0.2) is 35.2 Å². The number of nitrogens with zero attached hydrogens (tertiary/aromatic N) is 1. The minimum Gasteiger partial charge on any atom is -0.207 e. The van der Waals surface area contributed by atoms with Gasteiger partial charge < -0.3 is 0 Å². The average molecular weight is 241 g/mol. The van der Waals surface area contributed by atoms with Crippen molar-refractivity contribution < 1.29 is 8.42 Å². The van der Waals surface area contributed by atoms with Crippen molar-refractivity contribution in [1.82, 2.24) is 4.31 Å². The van der Waals surface area contributed by atoms with Crippen LogP contribution in [0.3, 0.4) is 0 Å². The minimum atomic E-state index is -3.31. The van der Waals surface area contributed by atoms with Crippen molar-refractivity contribution in [2.75, 3.05) is 13.1 Å². The fourth-order valence-corrected chi connectivity index (χ4v) is 3.18. The lowest BCUT2D eigenvalue weighted by atomic mass is 10.2. The molecule has 0 N–H and O–H groups in total. The molecule has 0 bridgehead atoms. The quantitative estimate of drug-likeness (QED) is 0.793. The highest BCUT2D eigenvalue weighted by atomic mass is 32.2. The first-order valence-electron chi connectivity index (χ1n) is 5.53. The van der Waals surface area contributed by atoms with Gasteiger partial charge in [0.2, 0.25) is 10.0 Å². The molecule has 0 aliphatic heterocycles. The van der Waals surface area contributed by atoms with Crippen LogP contribution in [-0.4, -0.2) is 25.8 Å². The first kappa shape index (κ1) is 13.2. The van der Waals surface area contributed by atoms with Crippen molar-refractivity contribution in [2.45, 2.75) is 25.7 Å². The summed E-state index contributed by atoms with van der Waals surface area (Å²) in [6.45, 7) is 6.97. The SMILES string of the molecule is CCN(CC(C)C)S(=O)(=O)c1ccccc1. The molecular formula is C12H19NO2S. The monoisotopic (exact) mass is 241 g/mol. The normalized spacial score (nSPS) is 12.3. The van der Waals surface area contributed by atoms with Gasteiger partial charge in [-0.3, -0.25) is 0 Å². The van der Waals surface area contributed by atoms with Gasteiger partial charge >= 0.3 is 0 Å². The molecule has 0 amide bonds. The molecule has 3 nitrogen and oxygen atoms in total. The molecule has 0 aliphatic carbocycles. The largest absolute Gasteiger partial charge is 0.243 e. The molecule has 90 valence electrons. The van der Waals surface area contributed by atoms with Gasteiger partial charge in [0.25, 0.3) is 0 Å². The minimum absolute atomic E-state index is 0.332. The Balaban J connectivity index is 3.00. The van der Waals surface area contributed by atoms with Crippen LogP contribution >= 0.6 is 0 Å². The molecule has 0 aromatic heterocycles. The summed E-state index contributed by atoms with van der Waals surface area (Å²) in [4.78, 5) is 0.373. The summed E-state index contributed by atoms with van der Waals surface area (Å²) in [6, 6.07) is 8.58. The van der Waals surface area contributed by atoms with Gasteiger partial charge in [-0.15, -0.1) is 0 Å². The second kappa shape index (κ2) is 5.46. The summed E-state index contributed by atoms with van der Waals surface area (Å²) >= 11 is 0. The van der Waals surface area contributed by atoms with E-state index in [1.165, 1.54) is 4.31 Å². The molecule has 4 heteroatoms. The maximum absolute atomic E-state index is 12.2. The topological polar surface area (TPSA) is 37.4 Å². The Morgan fingerprint density at radius 2 is 1.75 bits per heavy atom. The van der Waals surface area contributed by atoms with Crippen LogP contribution in [0.4, 0.5) is 0 Å². The van der Waals surface area contributed by atoms with E-state index >= 15 is 0 Å². The van der Waals surface area contributed by atoms with Crippen molar-refractivity contribution >= 4 is 10.0 Å². The molecule has 0 radical (unpaired) electrons. The molecule has 0 spiro atoms. The number of hydrogen-bond acceptors (Lipinski definition) is 2. The molecule has 0 saturated heterocycles. The summed E-state index contributed by atoms with van der Waals surface area (Å²) < 4.78 is 26.0. The van der Waals surface area contributed by atoms with E-state index in [9.17, 15) is 8.42 Å². The second-order valence-electron chi connectivity index (χ2n) is 4.16. The van der Waals surface area contributed by atoms with E-state index in [0.29, 0.717) is 23.9 Å². The van der Waals surface area contributed by atoms with E-state index in [1.54, 1.807) is 24.3 Å². The zero-order valence-electron chi connectivity index (χ0n) is 10.1. The maximum atomic E-state index is 12.2. The van der Waals surface area contributed by atoms with Crippen LogP contribution in [0, 0.1) is 5.92 Å². The van der Waals surface area contributed by atoms with Gasteiger partial charge in [0.1, 0.15) is 0 Å². The third-order valence-corrected chi connectivity index (χ3v) is 4.26. The Morgan fingerprint density at radius 3 is 2.19 bits per heavy atom. The van der Waals surface area contributed by atoms with Gasteiger partial charge in [0.05, 0.1) is 4.90 Å². The summed E-state index contributed by atoms with van der Waals surface area (Å²) in [5.41, 5.74) is 0. The van der Waals surface area contributed by atoms with Crippen molar-refractivity contribution in [1.29, 1.82) is 0 Å². The molecular weight excluding hydrogens is 222 g/mol. The maximum Gasteiger partial charge on any atom is 0.243 e. The summed E-state index contributed by atoms with van der Waals surface area (Å²) in [6.07, 6.45) is 0. The smallest absolute Gasteiger partial charge is 0.207 e.